The first-order valence-corrected chi connectivity index (χ1v) is 11.4. The minimum atomic E-state index is -4.30. The molecular formula is C22H28BrF3N4O. The minimum Gasteiger partial charge on any atom is -0.337 e. The molecule has 0 fully saturated rings. The summed E-state index contributed by atoms with van der Waals surface area (Å²) in [4.78, 5) is 21.5. The quantitative estimate of drug-likeness (QED) is 0.483. The lowest BCUT2D eigenvalue weighted by Crippen LogP contribution is -2.36. The summed E-state index contributed by atoms with van der Waals surface area (Å²) in [5.74, 6) is 0.295. The number of aryl methyl sites for hydroxylation is 3. The van der Waals surface area contributed by atoms with E-state index in [2.05, 4.69) is 26.9 Å². The van der Waals surface area contributed by atoms with Crippen molar-refractivity contribution in [2.24, 2.45) is 0 Å². The Morgan fingerprint density at radius 1 is 1.19 bits per heavy atom. The Kier molecular flexibility index (Phi) is 7.03. The number of nitrogens with zero attached hydrogens (tertiary/aromatic N) is 4. The van der Waals surface area contributed by atoms with Crippen molar-refractivity contribution in [1.29, 1.82) is 0 Å². The second-order valence-corrected chi connectivity index (χ2v) is 8.79. The van der Waals surface area contributed by atoms with E-state index >= 15 is 0 Å². The number of imidazole rings is 1. The molecule has 0 atom stereocenters. The fraction of sp³-hybridized carbons (Fsp3) is 0.545. The third-order valence-electron chi connectivity index (χ3n) is 5.46. The van der Waals surface area contributed by atoms with Crippen LogP contribution in [0.1, 0.15) is 54.0 Å². The van der Waals surface area contributed by atoms with Crippen molar-refractivity contribution in [2.45, 2.75) is 59.7 Å². The van der Waals surface area contributed by atoms with Crippen LogP contribution in [0, 0.1) is 13.8 Å². The summed E-state index contributed by atoms with van der Waals surface area (Å²) in [7, 11) is 0. The molecule has 1 amide bonds. The maximum Gasteiger partial charge on any atom is 0.390 e. The number of anilines is 2. The van der Waals surface area contributed by atoms with Gasteiger partial charge in [-0.25, -0.2) is 4.98 Å². The van der Waals surface area contributed by atoms with Crippen molar-refractivity contribution in [3.8, 4) is 0 Å². The molecule has 5 nitrogen and oxygen atoms in total. The number of alkyl halides is 3. The molecule has 2 aromatic rings. The van der Waals surface area contributed by atoms with Gasteiger partial charge in [0.2, 0.25) is 5.95 Å². The van der Waals surface area contributed by atoms with Crippen LogP contribution in [0.4, 0.5) is 24.8 Å². The van der Waals surface area contributed by atoms with Crippen LogP contribution in [0.15, 0.2) is 16.6 Å². The number of amides is 1. The molecule has 3 rings (SSSR count). The molecule has 0 bridgehead atoms. The number of halogens is 4. The van der Waals surface area contributed by atoms with Gasteiger partial charge in [0.25, 0.3) is 5.91 Å². The Balaban J connectivity index is 1.99. The Bertz CT molecular complexity index is 947. The van der Waals surface area contributed by atoms with Gasteiger partial charge in [0, 0.05) is 30.7 Å². The number of rotatable bonds is 7. The van der Waals surface area contributed by atoms with Crippen molar-refractivity contribution >= 4 is 33.5 Å². The molecule has 31 heavy (non-hydrogen) atoms. The molecule has 0 spiro atoms. The van der Waals surface area contributed by atoms with Gasteiger partial charge in [-0.05, 0) is 59.8 Å². The van der Waals surface area contributed by atoms with E-state index in [1.165, 1.54) is 4.90 Å². The van der Waals surface area contributed by atoms with Gasteiger partial charge in [-0.3, -0.25) is 4.79 Å². The monoisotopic (exact) mass is 500 g/mol. The average Bonchev–Trinajstić information content (AvgIpc) is 3.22. The highest BCUT2D eigenvalue weighted by Gasteiger charge is 2.35. The molecule has 1 aliphatic heterocycles. The predicted molar refractivity (Wildman–Crippen MR) is 119 cm³/mol. The standard InChI is InChI=1S/C22H28BrF3N4O/c1-5-8-28(9-7-22(24,25)26)20(31)19-17(6-2)27-21-29(10-11-30(19)21)18-15(4)12-14(3)13-16(18)23/h12-13H,5-11H2,1-4H3. The third-order valence-corrected chi connectivity index (χ3v) is 6.06. The van der Waals surface area contributed by atoms with E-state index in [9.17, 15) is 18.0 Å². The number of aromatic nitrogens is 2. The first-order valence-electron chi connectivity index (χ1n) is 10.6. The molecule has 1 aromatic carbocycles. The van der Waals surface area contributed by atoms with E-state index in [1.807, 2.05) is 38.3 Å². The van der Waals surface area contributed by atoms with Gasteiger partial charge in [-0.15, -0.1) is 0 Å². The average molecular weight is 501 g/mol. The van der Waals surface area contributed by atoms with Gasteiger partial charge in [-0.2, -0.15) is 13.2 Å². The first-order chi connectivity index (χ1) is 14.6. The molecular weight excluding hydrogens is 473 g/mol. The Morgan fingerprint density at radius 3 is 2.48 bits per heavy atom. The van der Waals surface area contributed by atoms with Gasteiger partial charge >= 0.3 is 6.18 Å². The number of carbonyl (C=O) groups excluding carboxylic acids is 1. The lowest BCUT2D eigenvalue weighted by atomic mass is 10.1. The van der Waals surface area contributed by atoms with E-state index in [0.29, 0.717) is 43.3 Å². The fourth-order valence-electron chi connectivity index (χ4n) is 4.15. The molecule has 0 saturated carbocycles. The summed E-state index contributed by atoms with van der Waals surface area (Å²) < 4.78 is 41.2. The summed E-state index contributed by atoms with van der Waals surface area (Å²) >= 11 is 3.65. The van der Waals surface area contributed by atoms with Crippen molar-refractivity contribution in [3.05, 3.63) is 39.1 Å². The van der Waals surface area contributed by atoms with Crippen LogP contribution in [-0.2, 0) is 13.0 Å². The normalized spacial score (nSPS) is 13.6. The van der Waals surface area contributed by atoms with Crippen LogP contribution in [0.5, 0.6) is 0 Å². The SMILES string of the molecule is CCCN(CCC(F)(F)F)C(=O)c1c(CC)nc2n1CCN2c1c(C)cc(C)cc1Br. The van der Waals surface area contributed by atoms with Crippen molar-refractivity contribution in [1.82, 2.24) is 14.5 Å². The summed E-state index contributed by atoms with van der Waals surface area (Å²) in [5, 5.41) is 0. The predicted octanol–water partition coefficient (Wildman–Crippen LogP) is 5.78. The maximum absolute atomic E-state index is 13.3. The number of carbonyl (C=O) groups is 1. The second-order valence-electron chi connectivity index (χ2n) is 7.93. The maximum atomic E-state index is 13.3. The van der Waals surface area contributed by atoms with Gasteiger partial charge in [0.15, 0.2) is 0 Å². The van der Waals surface area contributed by atoms with Crippen LogP contribution in [0.3, 0.4) is 0 Å². The lowest BCUT2D eigenvalue weighted by Gasteiger charge is -2.23. The van der Waals surface area contributed by atoms with Crippen LogP contribution in [-0.4, -0.2) is 46.2 Å². The molecule has 1 aliphatic rings. The zero-order chi connectivity index (χ0) is 22.9. The van der Waals surface area contributed by atoms with E-state index < -0.39 is 12.6 Å². The van der Waals surface area contributed by atoms with Crippen molar-refractivity contribution in [2.75, 3.05) is 24.5 Å². The Hall–Kier alpha value is -2.03. The zero-order valence-electron chi connectivity index (χ0n) is 18.3. The number of fused-ring (bicyclic) bond motifs is 1. The second kappa shape index (κ2) is 9.22. The van der Waals surface area contributed by atoms with Crippen LogP contribution in [0.2, 0.25) is 0 Å². The third kappa shape index (κ3) is 4.91. The van der Waals surface area contributed by atoms with Crippen LogP contribution < -0.4 is 4.90 Å². The van der Waals surface area contributed by atoms with E-state index in [-0.39, 0.29) is 19.0 Å². The van der Waals surface area contributed by atoms with Gasteiger partial charge < -0.3 is 14.4 Å². The Labute approximate surface area is 189 Å². The van der Waals surface area contributed by atoms with E-state index in [1.54, 1.807) is 0 Å². The van der Waals surface area contributed by atoms with Gasteiger partial charge in [0.05, 0.1) is 17.8 Å². The molecule has 0 saturated heterocycles. The van der Waals surface area contributed by atoms with E-state index in [4.69, 9.17) is 4.98 Å². The van der Waals surface area contributed by atoms with Crippen LogP contribution in [0.25, 0.3) is 0 Å². The topological polar surface area (TPSA) is 41.4 Å². The zero-order valence-corrected chi connectivity index (χ0v) is 19.9. The largest absolute Gasteiger partial charge is 0.390 e. The molecule has 170 valence electrons. The molecule has 0 radical (unpaired) electrons. The van der Waals surface area contributed by atoms with Gasteiger partial charge in [-0.1, -0.05) is 19.9 Å². The summed E-state index contributed by atoms with van der Waals surface area (Å²) in [6, 6.07) is 4.14. The molecule has 2 heterocycles. The lowest BCUT2D eigenvalue weighted by molar-refractivity contribution is -0.136. The number of hydrogen-bond donors (Lipinski definition) is 0. The van der Waals surface area contributed by atoms with E-state index in [0.717, 1.165) is 21.3 Å². The minimum absolute atomic E-state index is 0.283. The summed E-state index contributed by atoms with van der Waals surface area (Å²) in [6.07, 6.45) is -4.19. The van der Waals surface area contributed by atoms with Crippen molar-refractivity contribution < 1.29 is 18.0 Å². The molecule has 1 aromatic heterocycles. The summed E-state index contributed by atoms with van der Waals surface area (Å²) in [5.41, 5.74) is 4.27. The first kappa shape index (κ1) is 23.6. The highest BCUT2D eigenvalue weighted by atomic mass is 79.9. The van der Waals surface area contributed by atoms with Crippen molar-refractivity contribution in [3.63, 3.8) is 0 Å². The smallest absolute Gasteiger partial charge is 0.337 e. The number of hydrogen-bond acceptors (Lipinski definition) is 3. The highest BCUT2D eigenvalue weighted by Crippen LogP contribution is 2.39. The summed E-state index contributed by atoms with van der Waals surface area (Å²) in [6.45, 7) is 8.97. The molecule has 0 unspecified atom stereocenters. The van der Waals surface area contributed by atoms with Gasteiger partial charge in [0.1, 0.15) is 5.69 Å². The molecule has 0 N–H and O–H groups in total. The highest BCUT2D eigenvalue weighted by molar-refractivity contribution is 9.10. The fourth-order valence-corrected chi connectivity index (χ4v) is 5.04. The molecule has 9 heteroatoms. The number of benzene rings is 1. The van der Waals surface area contributed by atoms with Crippen LogP contribution >= 0.6 is 15.9 Å². The Morgan fingerprint density at radius 2 is 1.90 bits per heavy atom. The molecule has 0 aliphatic carbocycles.